The number of hydrogen-bond acceptors (Lipinski definition) is 6. The van der Waals surface area contributed by atoms with Crippen LogP contribution < -0.4 is 10.5 Å². The molecule has 0 aliphatic heterocycles. The molecule has 0 saturated carbocycles. The first-order chi connectivity index (χ1) is 9.10. The minimum Gasteiger partial charge on any atom is -0.436 e. The topological polar surface area (TPSA) is 109 Å². The Morgan fingerprint density at radius 3 is 2.95 bits per heavy atom. The fraction of sp³-hybridized carbons (Fsp3) is 0.273. The molecule has 2 N–H and O–H groups in total. The van der Waals surface area contributed by atoms with Gasteiger partial charge in [-0.1, -0.05) is 6.92 Å². The van der Waals surface area contributed by atoms with Gasteiger partial charge in [0.2, 0.25) is 11.7 Å². The van der Waals surface area contributed by atoms with E-state index >= 15 is 0 Å². The SMILES string of the molecule is CCCn1cc(Oc2ccc([N+](=O)[O-])c(N)n2)cn1. The van der Waals surface area contributed by atoms with Crippen LogP contribution in [0.1, 0.15) is 13.3 Å². The minimum absolute atomic E-state index is 0.177. The van der Waals surface area contributed by atoms with Gasteiger partial charge in [-0.2, -0.15) is 10.1 Å². The summed E-state index contributed by atoms with van der Waals surface area (Å²) in [6.07, 6.45) is 4.24. The standard InChI is InChI=1S/C11H13N5O3/c1-2-5-15-7-8(6-13-15)19-10-4-3-9(16(17)18)11(12)14-10/h3-4,6-7H,2,5H2,1H3,(H2,12,14). The lowest BCUT2D eigenvalue weighted by Crippen LogP contribution is -1.99. The van der Waals surface area contributed by atoms with Crippen molar-refractivity contribution in [2.75, 3.05) is 5.73 Å². The molecule has 0 bridgehead atoms. The smallest absolute Gasteiger partial charge is 0.311 e. The van der Waals surface area contributed by atoms with Crippen LogP contribution in [0.25, 0.3) is 0 Å². The number of nitrogens with zero attached hydrogens (tertiary/aromatic N) is 4. The summed E-state index contributed by atoms with van der Waals surface area (Å²) < 4.78 is 7.16. The van der Waals surface area contributed by atoms with Crippen LogP contribution >= 0.6 is 0 Å². The van der Waals surface area contributed by atoms with Crippen molar-refractivity contribution in [2.24, 2.45) is 0 Å². The molecule has 0 unspecified atom stereocenters. The molecule has 8 heteroatoms. The Hall–Kier alpha value is -2.64. The zero-order valence-corrected chi connectivity index (χ0v) is 10.3. The van der Waals surface area contributed by atoms with Gasteiger partial charge in [-0.3, -0.25) is 14.8 Å². The highest BCUT2D eigenvalue weighted by molar-refractivity contribution is 5.53. The Balaban J connectivity index is 2.14. The molecule has 0 amide bonds. The second-order valence-electron chi connectivity index (χ2n) is 3.85. The van der Waals surface area contributed by atoms with Crippen molar-refractivity contribution >= 4 is 11.5 Å². The van der Waals surface area contributed by atoms with Crippen molar-refractivity contribution in [3.8, 4) is 11.6 Å². The Bertz CT molecular complexity index is 596. The van der Waals surface area contributed by atoms with Crippen LogP contribution in [0.4, 0.5) is 11.5 Å². The summed E-state index contributed by atoms with van der Waals surface area (Å²) >= 11 is 0. The zero-order chi connectivity index (χ0) is 13.8. The number of rotatable bonds is 5. The number of aryl methyl sites for hydroxylation is 1. The van der Waals surface area contributed by atoms with E-state index in [-0.39, 0.29) is 17.4 Å². The molecular weight excluding hydrogens is 250 g/mol. The van der Waals surface area contributed by atoms with Gasteiger partial charge in [0, 0.05) is 18.7 Å². The van der Waals surface area contributed by atoms with Crippen LogP contribution in [0, 0.1) is 10.1 Å². The maximum Gasteiger partial charge on any atom is 0.311 e. The summed E-state index contributed by atoms with van der Waals surface area (Å²) in [5.41, 5.74) is 5.23. The Morgan fingerprint density at radius 1 is 1.53 bits per heavy atom. The fourth-order valence-corrected chi connectivity index (χ4v) is 1.53. The Morgan fingerprint density at radius 2 is 2.32 bits per heavy atom. The van der Waals surface area contributed by atoms with E-state index < -0.39 is 4.92 Å². The second-order valence-corrected chi connectivity index (χ2v) is 3.85. The van der Waals surface area contributed by atoms with E-state index in [0.717, 1.165) is 13.0 Å². The van der Waals surface area contributed by atoms with Crippen LogP contribution in [0.2, 0.25) is 0 Å². The Kier molecular flexibility index (Phi) is 3.60. The molecule has 2 heterocycles. The molecular formula is C11H13N5O3. The number of nitrogen functional groups attached to an aromatic ring is 1. The first-order valence-corrected chi connectivity index (χ1v) is 5.71. The number of anilines is 1. The Labute approximate surface area is 109 Å². The first kappa shape index (κ1) is 12.8. The lowest BCUT2D eigenvalue weighted by atomic mass is 10.4. The van der Waals surface area contributed by atoms with E-state index in [0.29, 0.717) is 5.75 Å². The van der Waals surface area contributed by atoms with E-state index in [1.807, 2.05) is 6.92 Å². The third-order valence-corrected chi connectivity index (χ3v) is 2.36. The normalized spacial score (nSPS) is 10.4. The van der Waals surface area contributed by atoms with E-state index in [4.69, 9.17) is 10.5 Å². The fourth-order valence-electron chi connectivity index (χ4n) is 1.53. The van der Waals surface area contributed by atoms with E-state index in [9.17, 15) is 10.1 Å². The second kappa shape index (κ2) is 5.34. The van der Waals surface area contributed by atoms with Gasteiger partial charge in [0.25, 0.3) is 0 Å². The highest BCUT2D eigenvalue weighted by Crippen LogP contribution is 2.25. The molecule has 100 valence electrons. The largest absolute Gasteiger partial charge is 0.436 e. The third-order valence-electron chi connectivity index (χ3n) is 2.36. The zero-order valence-electron chi connectivity index (χ0n) is 10.3. The molecule has 0 fully saturated rings. The van der Waals surface area contributed by atoms with Gasteiger partial charge < -0.3 is 10.5 Å². The van der Waals surface area contributed by atoms with Crippen molar-refractivity contribution in [1.29, 1.82) is 0 Å². The van der Waals surface area contributed by atoms with Gasteiger partial charge in [-0.25, -0.2) is 0 Å². The van der Waals surface area contributed by atoms with Crippen LogP contribution in [-0.2, 0) is 6.54 Å². The van der Waals surface area contributed by atoms with Crippen LogP contribution in [0.15, 0.2) is 24.5 Å². The summed E-state index contributed by atoms with van der Waals surface area (Å²) in [5.74, 6) is 0.525. The van der Waals surface area contributed by atoms with E-state index in [1.54, 1.807) is 17.1 Å². The maximum absolute atomic E-state index is 10.6. The quantitative estimate of drug-likeness (QED) is 0.652. The predicted molar refractivity (Wildman–Crippen MR) is 67.9 cm³/mol. The molecule has 8 nitrogen and oxygen atoms in total. The lowest BCUT2D eigenvalue weighted by molar-refractivity contribution is -0.384. The van der Waals surface area contributed by atoms with Crippen molar-refractivity contribution in [3.63, 3.8) is 0 Å². The number of ether oxygens (including phenoxy) is 1. The molecule has 2 aromatic heterocycles. The number of pyridine rings is 1. The van der Waals surface area contributed by atoms with E-state index in [2.05, 4.69) is 10.1 Å². The van der Waals surface area contributed by atoms with Gasteiger partial charge in [0.1, 0.15) is 0 Å². The predicted octanol–water partition coefficient (Wildman–Crippen LogP) is 1.97. The van der Waals surface area contributed by atoms with Crippen LogP contribution in [-0.4, -0.2) is 19.7 Å². The van der Waals surface area contributed by atoms with Crippen molar-refractivity contribution in [3.05, 3.63) is 34.6 Å². The summed E-state index contributed by atoms with van der Waals surface area (Å²) in [4.78, 5) is 13.8. The molecule has 0 radical (unpaired) electrons. The summed E-state index contributed by atoms with van der Waals surface area (Å²) in [6.45, 7) is 2.83. The first-order valence-electron chi connectivity index (χ1n) is 5.71. The molecule has 0 aromatic carbocycles. The molecule has 2 rings (SSSR count). The number of nitro groups is 1. The highest BCUT2D eigenvalue weighted by atomic mass is 16.6. The van der Waals surface area contributed by atoms with Crippen molar-refractivity contribution in [1.82, 2.24) is 14.8 Å². The van der Waals surface area contributed by atoms with Gasteiger partial charge in [0.05, 0.1) is 17.3 Å². The average Bonchev–Trinajstić information content (AvgIpc) is 2.76. The van der Waals surface area contributed by atoms with Crippen molar-refractivity contribution in [2.45, 2.75) is 19.9 Å². The number of hydrogen-bond donors (Lipinski definition) is 1. The van der Waals surface area contributed by atoms with Gasteiger partial charge in [0.15, 0.2) is 5.75 Å². The maximum atomic E-state index is 10.6. The molecule has 0 saturated heterocycles. The number of nitrogens with two attached hydrogens (primary N) is 1. The molecule has 2 aromatic rings. The van der Waals surface area contributed by atoms with Gasteiger partial charge >= 0.3 is 5.69 Å². The average molecular weight is 263 g/mol. The van der Waals surface area contributed by atoms with Crippen molar-refractivity contribution < 1.29 is 9.66 Å². The monoisotopic (exact) mass is 263 g/mol. The van der Waals surface area contributed by atoms with Gasteiger partial charge in [-0.05, 0) is 6.42 Å². The number of aromatic nitrogens is 3. The van der Waals surface area contributed by atoms with Gasteiger partial charge in [-0.15, -0.1) is 0 Å². The van der Waals surface area contributed by atoms with Crippen LogP contribution in [0.5, 0.6) is 11.6 Å². The van der Waals surface area contributed by atoms with E-state index in [1.165, 1.54) is 12.1 Å². The molecule has 0 aliphatic carbocycles. The third kappa shape index (κ3) is 2.97. The summed E-state index contributed by atoms with van der Waals surface area (Å²) in [6, 6.07) is 2.65. The molecule has 0 atom stereocenters. The molecule has 0 spiro atoms. The van der Waals surface area contributed by atoms with Crippen LogP contribution in [0.3, 0.4) is 0 Å². The highest BCUT2D eigenvalue weighted by Gasteiger charge is 2.14. The summed E-state index contributed by atoms with van der Waals surface area (Å²) in [7, 11) is 0. The lowest BCUT2D eigenvalue weighted by Gasteiger charge is -2.02. The summed E-state index contributed by atoms with van der Waals surface area (Å²) in [5, 5.41) is 14.7. The molecule has 0 aliphatic rings. The molecule has 19 heavy (non-hydrogen) atoms. The minimum atomic E-state index is -0.592.